The smallest absolute Gasteiger partial charge is 0.148 e. The minimum atomic E-state index is 0.283. The van der Waals surface area contributed by atoms with Crippen molar-refractivity contribution in [1.29, 1.82) is 0 Å². The fraction of sp³-hybridized carbons (Fsp3) is 0.500. The van der Waals surface area contributed by atoms with Gasteiger partial charge in [-0.05, 0) is 27.7 Å². The molecule has 6 heteroatoms. The summed E-state index contributed by atoms with van der Waals surface area (Å²) in [6.07, 6.45) is 0. The van der Waals surface area contributed by atoms with Crippen LogP contribution in [0.2, 0.25) is 0 Å². The van der Waals surface area contributed by atoms with E-state index in [2.05, 4.69) is 29.2 Å². The number of rotatable bonds is 4. The van der Waals surface area contributed by atoms with Crippen molar-refractivity contribution in [2.24, 2.45) is 0 Å². The van der Waals surface area contributed by atoms with Crippen LogP contribution in [0.4, 0.5) is 11.5 Å². The van der Waals surface area contributed by atoms with E-state index < -0.39 is 0 Å². The number of aromatic nitrogens is 3. The van der Waals surface area contributed by atoms with Gasteiger partial charge in [-0.15, -0.1) is 11.3 Å². The summed E-state index contributed by atoms with van der Waals surface area (Å²) in [7, 11) is 0. The van der Waals surface area contributed by atoms with Crippen LogP contribution in [0.15, 0.2) is 5.51 Å². The maximum atomic E-state index is 6.06. The van der Waals surface area contributed by atoms with Crippen molar-refractivity contribution in [1.82, 2.24) is 14.8 Å². The largest absolute Gasteiger partial charge is 0.394 e. The van der Waals surface area contributed by atoms with Crippen LogP contribution < -0.4 is 11.1 Å². The van der Waals surface area contributed by atoms with Crippen molar-refractivity contribution in [3.8, 4) is 0 Å². The van der Waals surface area contributed by atoms with Crippen LogP contribution in [0.25, 0.3) is 0 Å². The summed E-state index contributed by atoms with van der Waals surface area (Å²) in [5, 5.41) is 7.82. The molecule has 0 unspecified atom stereocenters. The normalized spacial score (nSPS) is 11.2. The van der Waals surface area contributed by atoms with Crippen LogP contribution in [-0.4, -0.2) is 14.8 Å². The van der Waals surface area contributed by atoms with E-state index in [1.807, 2.05) is 24.0 Å². The first-order valence-electron chi connectivity index (χ1n) is 5.98. The fourth-order valence-electron chi connectivity index (χ4n) is 1.77. The molecule has 0 saturated heterocycles. The molecule has 5 nitrogen and oxygen atoms in total. The number of anilines is 2. The second-order valence-corrected chi connectivity index (χ2v) is 5.54. The highest BCUT2D eigenvalue weighted by Gasteiger charge is 2.14. The Hall–Kier alpha value is -1.56. The van der Waals surface area contributed by atoms with E-state index in [9.17, 15) is 0 Å². The zero-order valence-corrected chi connectivity index (χ0v) is 12.0. The Kier molecular flexibility index (Phi) is 3.56. The van der Waals surface area contributed by atoms with Gasteiger partial charge in [0.2, 0.25) is 0 Å². The summed E-state index contributed by atoms with van der Waals surface area (Å²) < 4.78 is 1.93. The molecule has 0 radical (unpaired) electrons. The number of nitrogens with zero attached hydrogens (tertiary/aromatic N) is 3. The minimum Gasteiger partial charge on any atom is -0.394 e. The minimum absolute atomic E-state index is 0.283. The molecule has 0 aliphatic carbocycles. The number of hydrogen-bond acceptors (Lipinski definition) is 5. The third kappa shape index (κ3) is 2.33. The van der Waals surface area contributed by atoms with E-state index in [0.717, 1.165) is 29.4 Å². The summed E-state index contributed by atoms with van der Waals surface area (Å²) in [5.74, 6) is 0.898. The Labute approximate surface area is 111 Å². The Balaban J connectivity index is 2.21. The SMILES string of the molecule is Cc1ncsc1CNc1c(N)c(C)nn1C(C)C. The molecule has 0 saturated carbocycles. The van der Waals surface area contributed by atoms with E-state index in [4.69, 9.17) is 5.73 Å². The lowest BCUT2D eigenvalue weighted by molar-refractivity contribution is 0.534. The van der Waals surface area contributed by atoms with Gasteiger partial charge in [0.1, 0.15) is 5.82 Å². The van der Waals surface area contributed by atoms with Crippen LogP contribution in [-0.2, 0) is 6.54 Å². The Morgan fingerprint density at radius 2 is 2.11 bits per heavy atom. The van der Waals surface area contributed by atoms with E-state index in [1.165, 1.54) is 4.88 Å². The summed E-state index contributed by atoms with van der Waals surface area (Å²) in [5.41, 5.74) is 10.6. The molecule has 0 aliphatic heterocycles. The molecule has 0 amide bonds. The second-order valence-electron chi connectivity index (χ2n) is 4.60. The Morgan fingerprint density at radius 1 is 1.39 bits per heavy atom. The highest BCUT2D eigenvalue weighted by molar-refractivity contribution is 7.09. The molecule has 2 aromatic rings. The van der Waals surface area contributed by atoms with Gasteiger partial charge in [-0.25, -0.2) is 9.67 Å². The van der Waals surface area contributed by atoms with Crippen molar-refractivity contribution < 1.29 is 0 Å². The lowest BCUT2D eigenvalue weighted by Gasteiger charge is -2.13. The van der Waals surface area contributed by atoms with Gasteiger partial charge in [0.05, 0.1) is 29.1 Å². The number of thiazole rings is 1. The molecular formula is C12H19N5S. The first kappa shape index (κ1) is 12.9. The number of hydrogen-bond donors (Lipinski definition) is 2. The zero-order valence-electron chi connectivity index (χ0n) is 11.2. The lowest BCUT2D eigenvalue weighted by atomic mass is 10.3. The molecule has 0 aromatic carbocycles. The Bertz CT molecular complexity index is 541. The molecule has 3 N–H and O–H groups in total. The lowest BCUT2D eigenvalue weighted by Crippen LogP contribution is -2.10. The van der Waals surface area contributed by atoms with E-state index in [1.54, 1.807) is 11.3 Å². The molecule has 0 fully saturated rings. The predicted molar refractivity (Wildman–Crippen MR) is 75.9 cm³/mol. The average Bonchev–Trinajstić information content (AvgIpc) is 2.83. The van der Waals surface area contributed by atoms with Gasteiger partial charge in [-0.2, -0.15) is 5.10 Å². The first-order chi connectivity index (χ1) is 8.50. The van der Waals surface area contributed by atoms with Crippen LogP contribution in [0.5, 0.6) is 0 Å². The van der Waals surface area contributed by atoms with E-state index in [0.29, 0.717) is 0 Å². The van der Waals surface area contributed by atoms with Crippen molar-refractivity contribution in [3.05, 3.63) is 21.8 Å². The fourth-order valence-corrected chi connectivity index (χ4v) is 2.49. The zero-order chi connectivity index (χ0) is 13.3. The van der Waals surface area contributed by atoms with Gasteiger partial charge < -0.3 is 11.1 Å². The van der Waals surface area contributed by atoms with Crippen molar-refractivity contribution in [2.45, 2.75) is 40.3 Å². The van der Waals surface area contributed by atoms with E-state index in [-0.39, 0.29) is 6.04 Å². The van der Waals surface area contributed by atoms with E-state index >= 15 is 0 Å². The molecule has 2 heterocycles. The topological polar surface area (TPSA) is 68.8 Å². The molecule has 2 aromatic heterocycles. The van der Waals surface area contributed by atoms with Gasteiger partial charge in [0.25, 0.3) is 0 Å². The quantitative estimate of drug-likeness (QED) is 0.892. The van der Waals surface area contributed by atoms with Crippen LogP contribution >= 0.6 is 11.3 Å². The van der Waals surface area contributed by atoms with Crippen LogP contribution in [0, 0.1) is 13.8 Å². The summed E-state index contributed by atoms with van der Waals surface area (Å²) >= 11 is 1.65. The first-order valence-corrected chi connectivity index (χ1v) is 6.86. The van der Waals surface area contributed by atoms with Gasteiger partial charge in [0, 0.05) is 10.9 Å². The highest BCUT2D eigenvalue weighted by atomic mass is 32.1. The molecule has 2 rings (SSSR count). The standard InChI is InChI=1S/C12H19N5S/c1-7(2)17-12(11(13)9(4)16-17)14-5-10-8(3)15-6-18-10/h6-7,14H,5,13H2,1-4H3. The molecule has 18 heavy (non-hydrogen) atoms. The maximum Gasteiger partial charge on any atom is 0.148 e. The third-order valence-electron chi connectivity index (χ3n) is 2.88. The second kappa shape index (κ2) is 4.97. The molecule has 0 aliphatic rings. The summed E-state index contributed by atoms with van der Waals surface area (Å²) in [6, 6.07) is 0.283. The number of nitrogens with two attached hydrogens (primary N) is 1. The average molecular weight is 265 g/mol. The van der Waals surface area contributed by atoms with Crippen molar-refractivity contribution in [2.75, 3.05) is 11.1 Å². The predicted octanol–water partition coefficient (Wildman–Crippen LogP) is 2.73. The van der Waals surface area contributed by atoms with Crippen molar-refractivity contribution >= 4 is 22.8 Å². The number of nitrogen functional groups attached to an aromatic ring is 1. The van der Waals surface area contributed by atoms with Gasteiger partial charge in [0.15, 0.2) is 0 Å². The molecule has 0 spiro atoms. The van der Waals surface area contributed by atoms with Gasteiger partial charge in [-0.1, -0.05) is 0 Å². The molecule has 98 valence electrons. The van der Waals surface area contributed by atoms with Gasteiger partial charge >= 0.3 is 0 Å². The third-order valence-corrected chi connectivity index (χ3v) is 3.82. The van der Waals surface area contributed by atoms with Gasteiger partial charge in [-0.3, -0.25) is 0 Å². The summed E-state index contributed by atoms with van der Waals surface area (Å²) in [6.45, 7) is 8.86. The monoisotopic (exact) mass is 265 g/mol. The van der Waals surface area contributed by atoms with Crippen LogP contribution in [0.1, 0.15) is 36.2 Å². The summed E-state index contributed by atoms with van der Waals surface area (Å²) in [4.78, 5) is 5.46. The number of nitrogens with one attached hydrogen (secondary N) is 1. The number of aryl methyl sites for hydroxylation is 2. The van der Waals surface area contributed by atoms with Crippen LogP contribution in [0.3, 0.4) is 0 Å². The Morgan fingerprint density at radius 3 is 2.67 bits per heavy atom. The molecule has 0 atom stereocenters. The van der Waals surface area contributed by atoms with Crippen molar-refractivity contribution in [3.63, 3.8) is 0 Å². The molecule has 0 bridgehead atoms. The highest BCUT2D eigenvalue weighted by Crippen LogP contribution is 2.26. The maximum absolute atomic E-state index is 6.06. The molecular weight excluding hydrogens is 246 g/mol.